The lowest BCUT2D eigenvalue weighted by atomic mass is 10.1. The number of hydrogen-bond donors (Lipinski definition) is 1. The molecule has 2 aliphatic rings. The molecule has 1 aromatic carbocycles. The minimum absolute atomic E-state index is 0. The van der Waals surface area contributed by atoms with Crippen LogP contribution < -0.4 is 5.32 Å². The quantitative estimate of drug-likeness (QED) is 0.838. The number of carbonyl (C=O) groups is 1. The van der Waals surface area contributed by atoms with Gasteiger partial charge in [0.2, 0.25) is 10.0 Å². The number of rotatable bonds is 4. The van der Waals surface area contributed by atoms with E-state index >= 15 is 0 Å². The van der Waals surface area contributed by atoms with Gasteiger partial charge in [-0.25, -0.2) is 8.42 Å². The molecule has 0 spiro atoms. The van der Waals surface area contributed by atoms with Gasteiger partial charge in [-0.1, -0.05) is 0 Å². The number of carbonyl (C=O) groups excluding carboxylic acids is 1. The van der Waals surface area contributed by atoms with Crippen LogP contribution in [0.4, 0.5) is 0 Å². The third-order valence-electron chi connectivity index (χ3n) is 5.39. The number of fused-ring (bicyclic) bond motifs is 2. The molecular weight excluding hydrogens is 374 g/mol. The third kappa shape index (κ3) is 3.91. The SMILES string of the molecule is CC(C)N(C)S(=O)(=O)c1ccc(C(=O)N2C3CCNCC2CC3)cc1.Cl. The Balaban J connectivity index is 0.00000243. The molecule has 0 aromatic heterocycles. The third-order valence-corrected chi connectivity index (χ3v) is 7.44. The van der Waals surface area contributed by atoms with Gasteiger partial charge in [-0.05, 0) is 63.9 Å². The van der Waals surface area contributed by atoms with E-state index in [1.54, 1.807) is 31.3 Å². The minimum Gasteiger partial charge on any atom is -0.331 e. The fraction of sp³-hybridized carbons (Fsp3) is 0.611. The van der Waals surface area contributed by atoms with Crippen molar-refractivity contribution in [2.45, 2.75) is 56.1 Å². The lowest BCUT2D eigenvalue weighted by Crippen LogP contribution is -2.42. The first-order valence-corrected chi connectivity index (χ1v) is 10.4. The number of nitrogens with one attached hydrogen (secondary N) is 1. The van der Waals surface area contributed by atoms with Gasteiger partial charge in [0.05, 0.1) is 4.90 Å². The van der Waals surface area contributed by atoms with Crippen molar-refractivity contribution in [3.8, 4) is 0 Å². The fourth-order valence-corrected chi connectivity index (χ4v) is 5.04. The smallest absolute Gasteiger partial charge is 0.254 e. The van der Waals surface area contributed by atoms with Crippen molar-refractivity contribution in [3.05, 3.63) is 29.8 Å². The molecule has 8 heteroatoms. The molecule has 26 heavy (non-hydrogen) atoms. The van der Waals surface area contributed by atoms with Gasteiger partial charge in [0.1, 0.15) is 0 Å². The first-order chi connectivity index (χ1) is 11.8. The maximum absolute atomic E-state index is 13.0. The van der Waals surface area contributed by atoms with Crippen LogP contribution in [0.15, 0.2) is 29.2 Å². The summed E-state index contributed by atoms with van der Waals surface area (Å²) in [5.41, 5.74) is 0.560. The Morgan fingerprint density at radius 3 is 2.38 bits per heavy atom. The van der Waals surface area contributed by atoms with E-state index in [-0.39, 0.29) is 35.3 Å². The molecule has 2 unspecified atom stereocenters. The van der Waals surface area contributed by atoms with E-state index in [0.717, 1.165) is 32.4 Å². The predicted molar refractivity (Wildman–Crippen MR) is 104 cm³/mol. The second kappa shape index (κ2) is 8.25. The summed E-state index contributed by atoms with van der Waals surface area (Å²) in [5.74, 6) is 0.0114. The average molecular weight is 402 g/mol. The lowest BCUT2D eigenvalue weighted by molar-refractivity contribution is 0.0680. The number of nitrogens with zero attached hydrogens (tertiary/aromatic N) is 2. The molecule has 2 fully saturated rings. The van der Waals surface area contributed by atoms with Crippen LogP contribution in [-0.4, -0.2) is 61.8 Å². The summed E-state index contributed by atoms with van der Waals surface area (Å²) in [5, 5.41) is 3.39. The molecule has 3 rings (SSSR count). The molecule has 2 aliphatic heterocycles. The van der Waals surface area contributed by atoms with Gasteiger partial charge in [-0.3, -0.25) is 4.79 Å². The Labute approximate surface area is 162 Å². The van der Waals surface area contributed by atoms with E-state index in [1.807, 2.05) is 18.7 Å². The fourth-order valence-electron chi connectivity index (χ4n) is 3.68. The summed E-state index contributed by atoms with van der Waals surface area (Å²) in [6.45, 7) is 5.45. The van der Waals surface area contributed by atoms with E-state index in [2.05, 4.69) is 5.32 Å². The van der Waals surface area contributed by atoms with Crippen LogP contribution in [0.1, 0.15) is 43.5 Å². The van der Waals surface area contributed by atoms with Gasteiger partial charge in [0.15, 0.2) is 0 Å². The van der Waals surface area contributed by atoms with Crippen LogP contribution in [0.5, 0.6) is 0 Å². The van der Waals surface area contributed by atoms with Crippen LogP contribution in [0.3, 0.4) is 0 Å². The second-order valence-electron chi connectivity index (χ2n) is 7.23. The highest BCUT2D eigenvalue weighted by Crippen LogP contribution is 2.30. The Bertz CT molecular complexity index is 723. The zero-order chi connectivity index (χ0) is 18.2. The predicted octanol–water partition coefficient (Wildman–Crippen LogP) is 2.10. The molecule has 0 radical (unpaired) electrons. The second-order valence-corrected chi connectivity index (χ2v) is 9.23. The number of sulfonamides is 1. The first-order valence-electron chi connectivity index (χ1n) is 8.94. The first kappa shape index (κ1) is 21.2. The van der Waals surface area contributed by atoms with Gasteiger partial charge in [-0.2, -0.15) is 4.31 Å². The van der Waals surface area contributed by atoms with Gasteiger partial charge in [0, 0.05) is 37.3 Å². The van der Waals surface area contributed by atoms with E-state index in [4.69, 9.17) is 0 Å². The molecule has 0 aliphatic carbocycles. The summed E-state index contributed by atoms with van der Waals surface area (Å²) < 4.78 is 26.4. The summed E-state index contributed by atoms with van der Waals surface area (Å²) >= 11 is 0. The molecule has 1 aromatic rings. The molecule has 2 bridgehead atoms. The highest BCUT2D eigenvalue weighted by Gasteiger charge is 2.38. The summed E-state index contributed by atoms with van der Waals surface area (Å²) in [6, 6.07) is 6.78. The molecule has 2 atom stereocenters. The van der Waals surface area contributed by atoms with E-state index in [0.29, 0.717) is 11.6 Å². The van der Waals surface area contributed by atoms with Gasteiger partial charge < -0.3 is 10.2 Å². The van der Waals surface area contributed by atoms with E-state index < -0.39 is 10.0 Å². The summed E-state index contributed by atoms with van der Waals surface area (Å²) in [6.07, 6.45) is 3.08. The van der Waals surface area contributed by atoms with Crippen LogP contribution in [0, 0.1) is 0 Å². The lowest BCUT2D eigenvalue weighted by Gasteiger charge is -2.28. The molecule has 6 nitrogen and oxygen atoms in total. The zero-order valence-electron chi connectivity index (χ0n) is 15.5. The standard InChI is InChI=1S/C18H27N3O3S.ClH/c1-13(2)20(3)25(23,24)17-8-4-14(5-9-17)18(22)21-15-6-7-16(21)12-19-11-10-15;/h4-5,8-9,13,15-16,19H,6-7,10-12H2,1-3H3;1H. The summed E-state index contributed by atoms with van der Waals surface area (Å²) in [4.78, 5) is 15.2. The number of halogens is 1. The molecule has 2 heterocycles. The Hall–Kier alpha value is -1.15. The Morgan fingerprint density at radius 1 is 1.15 bits per heavy atom. The maximum Gasteiger partial charge on any atom is 0.254 e. The van der Waals surface area contributed by atoms with Crippen molar-refractivity contribution in [1.29, 1.82) is 0 Å². The van der Waals surface area contributed by atoms with Crippen molar-refractivity contribution in [3.63, 3.8) is 0 Å². The van der Waals surface area contributed by atoms with Crippen LogP contribution in [-0.2, 0) is 10.0 Å². The minimum atomic E-state index is -3.52. The topological polar surface area (TPSA) is 69.7 Å². The molecule has 146 valence electrons. The van der Waals surface area contributed by atoms with E-state index in [9.17, 15) is 13.2 Å². The Morgan fingerprint density at radius 2 is 1.77 bits per heavy atom. The van der Waals surface area contributed by atoms with Gasteiger partial charge in [-0.15, -0.1) is 12.4 Å². The van der Waals surface area contributed by atoms with Crippen molar-refractivity contribution in [2.75, 3.05) is 20.1 Å². The molecule has 2 saturated heterocycles. The molecule has 1 N–H and O–H groups in total. The average Bonchev–Trinajstić information content (AvgIpc) is 2.86. The molecule has 1 amide bonds. The zero-order valence-corrected chi connectivity index (χ0v) is 17.1. The van der Waals surface area contributed by atoms with Crippen molar-refractivity contribution >= 4 is 28.3 Å². The Kier molecular flexibility index (Phi) is 6.71. The maximum atomic E-state index is 13.0. The highest BCUT2D eigenvalue weighted by atomic mass is 35.5. The van der Waals surface area contributed by atoms with Gasteiger partial charge >= 0.3 is 0 Å². The van der Waals surface area contributed by atoms with Crippen molar-refractivity contribution in [2.24, 2.45) is 0 Å². The van der Waals surface area contributed by atoms with Crippen molar-refractivity contribution in [1.82, 2.24) is 14.5 Å². The largest absolute Gasteiger partial charge is 0.331 e. The number of hydrogen-bond acceptors (Lipinski definition) is 4. The molecular formula is C18H28ClN3O3S. The molecule has 0 saturated carbocycles. The van der Waals surface area contributed by atoms with Crippen LogP contribution >= 0.6 is 12.4 Å². The monoisotopic (exact) mass is 401 g/mol. The van der Waals surface area contributed by atoms with E-state index in [1.165, 1.54) is 4.31 Å². The number of amides is 1. The van der Waals surface area contributed by atoms with Gasteiger partial charge in [0.25, 0.3) is 5.91 Å². The highest BCUT2D eigenvalue weighted by molar-refractivity contribution is 7.89. The normalized spacial score (nSPS) is 23.0. The van der Waals surface area contributed by atoms with Crippen LogP contribution in [0.25, 0.3) is 0 Å². The van der Waals surface area contributed by atoms with Crippen molar-refractivity contribution < 1.29 is 13.2 Å². The summed E-state index contributed by atoms with van der Waals surface area (Å²) in [7, 11) is -1.95. The number of benzene rings is 1. The van der Waals surface area contributed by atoms with Crippen LogP contribution in [0.2, 0.25) is 0 Å².